The number of hydrogen-bond donors (Lipinski definition) is 1. The van der Waals surface area contributed by atoms with Gasteiger partial charge in [-0.25, -0.2) is 4.98 Å². The van der Waals surface area contributed by atoms with E-state index in [-0.39, 0.29) is 0 Å². The highest BCUT2D eigenvalue weighted by molar-refractivity contribution is 5.92. The number of nitrogens with zero attached hydrogens (tertiary/aromatic N) is 2. The molecule has 18 heavy (non-hydrogen) atoms. The fraction of sp³-hybridized carbons (Fsp3) is 0.286. The molecule has 1 aromatic heterocycles. The summed E-state index contributed by atoms with van der Waals surface area (Å²) in [6.07, 6.45) is 5.80. The zero-order valence-electron chi connectivity index (χ0n) is 10.5. The Bertz CT molecular complexity index is 545. The Balaban J connectivity index is 2.20. The zero-order chi connectivity index (χ0) is 13.0. The first-order valence-electron chi connectivity index (χ1n) is 6.09. The van der Waals surface area contributed by atoms with Crippen molar-refractivity contribution in [2.45, 2.75) is 26.3 Å². The van der Waals surface area contributed by atoms with Crippen LogP contribution in [0.15, 0.2) is 36.7 Å². The number of rotatable bonds is 5. The molecule has 0 fully saturated rings. The van der Waals surface area contributed by atoms with Crippen LogP contribution in [-0.4, -0.2) is 15.5 Å². The van der Waals surface area contributed by atoms with E-state index in [2.05, 4.69) is 16.5 Å². The molecule has 1 heterocycles. The second-order valence-electron chi connectivity index (χ2n) is 4.29. The number of benzene rings is 1. The van der Waals surface area contributed by atoms with Gasteiger partial charge in [-0.3, -0.25) is 4.79 Å². The van der Waals surface area contributed by atoms with Crippen LogP contribution in [0.4, 0.5) is 0 Å². The van der Waals surface area contributed by atoms with Crippen molar-refractivity contribution in [3.05, 3.63) is 53.6 Å². The van der Waals surface area contributed by atoms with Gasteiger partial charge in [0.1, 0.15) is 5.82 Å². The first-order valence-corrected chi connectivity index (χ1v) is 6.09. The highest BCUT2D eigenvalue weighted by Crippen LogP contribution is 2.09. The number of aromatic nitrogens is 2. The fourth-order valence-electron chi connectivity index (χ4n) is 1.96. The summed E-state index contributed by atoms with van der Waals surface area (Å²) >= 11 is 0. The standard InChI is InChI=1S/C14H17N3O/c1-2-4-13-16-7-8-17(13)10-11-5-3-6-12(9-11)14(15)18/h3,5-9H,2,4,10H2,1H3,(H2,15,18). The van der Waals surface area contributed by atoms with Crippen LogP contribution in [0.25, 0.3) is 0 Å². The second-order valence-corrected chi connectivity index (χ2v) is 4.29. The van der Waals surface area contributed by atoms with Crippen LogP contribution in [0.1, 0.15) is 35.1 Å². The normalized spacial score (nSPS) is 10.5. The maximum Gasteiger partial charge on any atom is 0.248 e. The maximum atomic E-state index is 11.1. The molecule has 0 aliphatic rings. The first-order chi connectivity index (χ1) is 8.70. The molecule has 0 aliphatic heterocycles. The van der Waals surface area contributed by atoms with E-state index in [1.54, 1.807) is 6.07 Å². The molecule has 0 saturated heterocycles. The van der Waals surface area contributed by atoms with Crippen LogP contribution < -0.4 is 5.73 Å². The van der Waals surface area contributed by atoms with E-state index in [1.165, 1.54) is 0 Å². The topological polar surface area (TPSA) is 60.9 Å². The SMILES string of the molecule is CCCc1nccn1Cc1cccc(C(N)=O)c1. The minimum atomic E-state index is -0.392. The van der Waals surface area contributed by atoms with Crippen LogP contribution >= 0.6 is 0 Å². The lowest BCUT2D eigenvalue weighted by Crippen LogP contribution is -2.11. The zero-order valence-corrected chi connectivity index (χ0v) is 10.5. The number of hydrogen-bond acceptors (Lipinski definition) is 2. The Morgan fingerprint density at radius 1 is 1.44 bits per heavy atom. The molecule has 0 saturated carbocycles. The molecule has 0 spiro atoms. The minimum absolute atomic E-state index is 0.392. The van der Waals surface area contributed by atoms with Gasteiger partial charge in [-0.1, -0.05) is 19.1 Å². The molecule has 0 unspecified atom stereocenters. The summed E-state index contributed by atoms with van der Waals surface area (Å²) in [7, 11) is 0. The molecule has 1 amide bonds. The highest BCUT2D eigenvalue weighted by atomic mass is 16.1. The van der Waals surface area contributed by atoms with Crippen LogP contribution in [0.2, 0.25) is 0 Å². The molecule has 0 aliphatic carbocycles. The third kappa shape index (κ3) is 2.77. The monoisotopic (exact) mass is 243 g/mol. The van der Waals surface area contributed by atoms with E-state index in [9.17, 15) is 4.79 Å². The van der Waals surface area contributed by atoms with Crippen molar-refractivity contribution in [3.63, 3.8) is 0 Å². The van der Waals surface area contributed by atoms with Crippen molar-refractivity contribution in [1.82, 2.24) is 9.55 Å². The van der Waals surface area contributed by atoms with Gasteiger partial charge in [0.15, 0.2) is 0 Å². The van der Waals surface area contributed by atoms with E-state index < -0.39 is 5.91 Å². The van der Waals surface area contributed by atoms with Gasteiger partial charge in [0.05, 0.1) is 0 Å². The number of primary amides is 1. The van der Waals surface area contributed by atoms with Crippen molar-refractivity contribution >= 4 is 5.91 Å². The maximum absolute atomic E-state index is 11.1. The predicted octanol–water partition coefficient (Wildman–Crippen LogP) is 1.98. The van der Waals surface area contributed by atoms with Gasteiger partial charge in [0.25, 0.3) is 0 Å². The Kier molecular flexibility index (Phi) is 3.77. The number of aryl methyl sites for hydroxylation is 1. The van der Waals surface area contributed by atoms with E-state index in [4.69, 9.17) is 5.73 Å². The fourth-order valence-corrected chi connectivity index (χ4v) is 1.96. The van der Waals surface area contributed by atoms with Gasteiger partial charge < -0.3 is 10.3 Å². The Morgan fingerprint density at radius 2 is 2.28 bits per heavy atom. The molecule has 2 aromatic rings. The quantitative estimate of drug-likeness (QED) is 0.872. The molecule has 1 aromatic carbocycles. The van der Waals surface area contributed by atoms with Crippen molar-refractivity contribution in [3.8, 4) is 0 Å². The molecule has 4 heteroatoms. The molecular weight excluding hydrogens is 226 g/mol. The molecular formula is C14H17N3O. The van der Waals surface area contributed by atoms with E-state index >= 15 is 0 Å². The van der Waals surface area contributed by atoms with Gasteiger partial charge in [-0.05, 0) is 24.1 Å². The molecule has 0 atom stereocenters. The van der Waals surface area contributed by atoms with Crippen LogP contribution in [0.3, 0.4) is 0 Å². The summed E-state index contributed by atoms with van der Waals surface area (Å²) in [5.74, 6) is 0.679. The van der Waals surface area contributed by atoms with Gasteiger partial charge in [-0.2, -0.15) is 0 Å². The summed E-state index contributed by atoms with van der Waals surface area (Å²) in [4.78, 5) is 15.5. The van der Waals surface area contributed by atoms with Crippen LogP contribution in [0, 0.1) is 0 Å². The highest BCUT2D eigenvalue weighted by Gasteiger charge is 2.05. The number of imidazole rings is 1. The summed E-state index contributed by atoms with van der Waals surface area (Å²) in [5.41, 5.74) is 6.88. The average Bonchev–Trinajstić information content (AvgIpc) is 2.77. The number of carbonyl (C=O) groups excluding carboxylic acids is 1. The van der Waals surface area contributed by atoms with E-state index in [0.717, 1.165) is 30.8 Å². The average molecular weight is 243 g/mol. The van der Waals surface area contributed by atoms with E-state index in [0.29, 0.717) is 5.56 Å². The minimum Gasteiger partial charge on any atom is -0.366 e. The predicted molar refractivity (Wildman–Crippen MR) is 70.3 cm³/mol. The molecule has 0 radical (unpaired) electrons. The summed E-state index contributed by atoms with van der Waals surface area (Å²) < 4.78 is 2.10. The summed E-state index contributed by atoms with van der Waals surface area (Å²) in [5, 5.41) is 0. The summed E-state index contributed by atoms with van der Waals surface area (Å²) in [6.45, 7) is 2.85. The lowest BCUT2D eigenvalue weighted by atomic mass is 10.1. The Morgan fingerprint density at radius 3 is 3.00 bits per heavy atom. The lowest BCUT2D eigenvalue weighted by molar-refractivity contribution is 0.1000. The Labute approximate surface area is 106 Å². The summed E-state index contributed by atoms with van der Waals surface area (Å²) in [6, 6.07) is 7.40. The lowest BCUT2D eigenvalue weighted by Gasteiger charge is -2.08. The second kappa shape index (κ2) is 5.49. The first kappa shape index (κ1) is 12.4. The third-order valence-corrected chi connectivity index (χ3v) is 2.84. The van der Waals surface area contributed by atoms with Crippen molar-refractivity contribution in [2.75, 3.05) is 0 Å². The third-order valence-electron chi connectivity index (χ3n) is 2.84. The Hall–Kier alpha value is -2.10. The smallest absolute Gasteiger partial charge is 0.248 e. The number of nitrogens with two attached hydrogens (primary N) is 1. The van der Waals surface area contributed by atoms with Crippen molar-refractivity contribution in [1.29, 1.82) is 0 Å². The number of carbonyl (C=O) groups is 1. The van der Waals surface area contributed by atoms with Gasteiger partial charge in [0, 0.05) is 30.9 Å². The largest absolute Gasteiger partial charge is 0.366 e. The van der Waals surface area contributed by atoms with Gasteiger partial charge in [-0.15, -0.1) is 0 Å². The molecule has 2 N–H and O–H groups in total. The molecule has 2 rings (SSSR count). The van der Waals surface area contributed by atoms with E-state index in [1.807, 2.05) is 30.6 Å². The van der Waals surface area contributed by atoms with Crippen molar-refractivity contribution in [2.24, 2.45) is 5.73 Å². The number of amides is 1. The molecule has 4 nitrogen and oxygen atoms in total. The van der Waals surface area contributed by atoms with Gasteiger partial charge in [0.2, 0.25) is 5.91 Å². The molecule has 94 valence electrons. The van der Waals surface area contributed by atoms with Gasteiger partial charge >= 0.3 is 0 Å². The van der Waals surface area contributed by atoms with Crippen molar-refractivity contribution < 1.29 is 4.79 Å². The van der Waals surface area contributed by atoms with Crippen LogP contribution in [0.5, 0.6) is 0 Å². The van der Waals surface area contributed by atoms with Crippen LogP contribution in [-0.2, 0) is 13.0 Å². The molecule has 0 bridgehead atoms.